The molecule has 148 valence electrons. The minimum atomic E-state index is -0.706. The molecular formula is C19H15ClN4O5. The molecule has 0 aliphatic heterocycles. The van der Waals surface area contributed by atoms with Gasteiger partial charge in [0, 0.05) is 28.3 Å². The summed E-state index contributed by atoms with van der Waals surface area (Å²) in [4.78, 5) is 35.4. The molecule has 1 amide bonds. The summed E-state index contributed by atoms with van der Waals surface area (Å²) >= 11 is 6.03. The highest BCUT2D eigenvalue weighted by Gasteiger charge is 2.24. The van der Waals surface area contributed by atoms with Crippen molar-refractivity contribution in [3.63, 3.8) is 0 Å². The van der Waals surface area contributed by atoms with E-state index in [0.717, 1.165) is 6.07 Å². The number of halogens is 1. The maximum absolute atomic E-state index is 12.7. The van der Waals surface area contributed by atoms with Gasteiger partial charge in [0.2, 0.25) is 0 Å². The number of amides is 1. The molecule has 9 nitrogen and oxygen atoms in total. The Morgan fingerprint density at radius 3 is 2.69 bits per heavy atom. The van der Waals surface area contributed by atoms with E-state index in [9.17, 15) is 19.7 Å². The Balaban J connectivity index is 2.03. The zero-order valence-corrected chi connectivity index (χ0v) is 15.9. The van der Waals surface area contributed by atoms with Crippen LogP contribution in [0.2, 0.25) is 5.02 Å². The number of hydrogen-bond acceptors (Lipinski definition) is 6. The highest BCUT2D eigenvalue weighted by molar-refractivity contribution is 6.30. The van der Waals surface area contributed by atoms with Crippen molar-refractivity contribution in [1.82, 2.24) is 10.2 Å². The number of nitrogens with one attached hydrogen (secondary N) is 2. The van der Waals surface area contributed by atoms with E-state index in [4.69, 9.17) is 16.3 Å². The molecule has 3 rings (SSSR count). The first-order chi connectivity index (χ1) is 13.9. The summed E-state index contributed by atoms with van der Waals surface area (Å²) in [5.41, 5.74) is 0.675. The number of aromatic nitrogens is 2. The zero-order chi connectivity index (χ0) is 21.0. The van der Waals surface area contributed by atoms with E-state index in [1.165, 1.54) is 18.2 Å². The Morgan fingerprint density at radius 2 is 2.00 bits per heavy atom. The number of rotatable bonds is 6. The molecule has 2 aromatic carbocycles. The van der Waals surface area contributed by atoms with Crippen LogP contribution in [0.3, 0.4) is 0 Å². The molecule has 0 spiro atoms. The van der Waals surface area contributed by atoms with Gasteiger partial charge in [-0.2, -0.15) is 5.10 Å². The number of carbonyl (C=O) groups is 2. The third-order valence-electron chi connectivity index (χ3n) is 3.90. The van der Waals surface area contributed by atoms with Gasteiger partial charge in [-0.05, 0) is 25.1 Å². The highest BCUT2D eigenvalue weighted by atomic mass is 35.5. The second-order valence-corrected chi connectivity index (χ2v) is 6.25. The topological polar surface area (TPSA) is 127 Å². The average molecular weight is 415 g/mol. The normalized spacial score (nSPS) is 10.4. The average Bonchev–Trinajstić information content (AvgIpc) is 3.12. The Kier molecular flexibility index (Phi) is 5.89. The number of benzene rings is 2. The number of carbonyl (C=O) groups excluding carboxylic acids is 2. The quantitative estimate of drug-likeness (QED) is 0.355. The van der Waals surface area contributed by atoms with Crippen LogP contribution >= 0.6 is 11.6 Å². The van der Waals surface area contributed by atoms with E-state index < -0.39 is 16.8 Å². The molecule has 0 saturated heterocycles. The smallest absolute Gasteiger partial charge is 0.358 e. The van der Waals surface area contributed by atoms with E-state index in [1.54, 1.807) is 31.2 Å². The number of anilines is 1. The second kappa shape index (κ2) is 8.53. The molecule has 0 aliphatic rings. The van der Waals surface area contributed by atoms with Crippen molar-refractivity contribution in [2.24, 2.45) is 0 Å². The summed E-state index contributed by atoms with van der Waals surface area (Å²) in [6, 6.07) is 11.9. The first kappa shape index (κ1) is 20.0. The van der Waals surface area contributed by atoms with Crippen LogP contribution in [-0.4, -0.2) is 33.6 Å². The van der Waals surface area contributed by atoms with Crippen molar-refractivity contribution in [2.75, 3.05) is 11.9 Å². The van der Waals surface area contributed by atoms with Gasteiger partial charge in [0.15, 0.2) is 5.69 Å². The van der Waals surface area contributed by atoms with Crippen molar-refractivity contribution in [3.8, 4) is 11.3 Å². The summed E-state index contributed by atoms with van der Waals surface area (Å²) in [6.45, 7) is 1.77. The van der Waals surface area contributed by atoms with E-state index in [-0.39, 0.29) is 34.9 Å². The molecule has 2 N–H and O–H groups in total. The van der Waals surface area contributed by atoms with E-state index in [2.05, 4.69) is 15.5 Å². The van der Waals surface area contributed by atoms with Crippen molar-refractivity contribution < 1.29 is 19.2 Å². The van der Waals surface area contributed by atoms with Crippen LogP contribution in [0, 0.1) is 10.1 Å². The number of nitro groups is 1. The first-order valence-corrected chi connectivity index (χ1v) is 8.85. The highest BCUT2D eigenvalue weighted by Crippen LogP contribution is 2.31. The van der Waals surface area contributed by atoms with Crippen molar-refractivity contribution in [2.45, 2.75) is 6.92 Å². The van der Waals surface area contributed by atoms with Crippen LogP contribution in [0.1, 0.15) is 27.8 Å². The van der Waals surface area contributed by atoms with Crippen molar-refractivity contribution >= 4 is 34.9 Å². The summed E-state index contributed by atoms with van der Waals surface area (Å²) in [5.74, 6) is -1.36. The fourth-order valence-corrected chi connectivity index (χ4v) is 2.80. The minimum Gasteiger partial charge on any atom is -0.461 e. The molecule has 1 heterocycles. The molecule has 0 saturated carbocycles. The molecule has 0 unspecified atom stereocenters. The number of non-ortho nitro benzene ring substituents is 1. The number of nitro benzene ring substituents is 1. The monoisotopic (exact) mass is 414 g/mol. The second-order valence-electron chi connectivity index (χ2n) is 5.81. The number of nitrogens with zero attached hydrogens (tertiary/aromatic N) is 2. The molecule has 0 aliphatic carbocycles. The Morgan fingerprint density at radius 1 is 1.24 bits per heavy atom. The molecule has 0 bridgehead atoms. The molecule has 0 fully saturated rings. The van der Waals surface area contributed by atoms with E-state index in [0.29, 0.717) is 10.6 Å². The van der Waals surface area contributed by atoms with Gasteiger partial charge in [-0.3, -0.25) is 20.0 Å². The molecule has 29 heavy (non-hydrogen) atoms. The van der Waals surface area contributed by atoms with Gasteiger partial charge in [-0.1, -0.05) is 29.8 Å². The van der Waals surface area contributed by atoms with Crippen LogP contribution in [0.15, 0.2) is 48.5 Å². The summed E-state index contributed by atoms with van der Waals surface area (Å²) in [7, 11) is 0. The summed E-state index contributed by atoms with van der Waals surface area (Å²) in [6.07, 6.45) is 0. The van der Waals surface area contributed by atoms with Crippen LogP contribution < -0.4 is 5.32 Å². The Bertz CT molecular complexity index is 1100. The number of ether oxygens (including phenoxy) is 1. The third-order valence-corrected chi connectivity index (χ3v) is 4.14. The minimum absolute atomic E-state index is 0.0484. The lowest BCUT2D eigenvalue weighted by atomic mass is 10.1. The van der Waals surface area contributed by atoms with Gasteiger partial charge < -0.3 is 10.1 Å². The van der Waals surface area contributed by atoms with Crippen LogP contribution in [0.5, 0.6) is 0 Å². The predicted octanol–water partition coefficient (Wildman–Crippen LogP) is 4.07. The number of hydrogen-bond donors (Lipinski definition) is 2. The van der Waals surface area contributed by atoms with Gasteiger partial charge in [-0.25, -0.2) is 4.79 Å². The first-order valence-electron chi connectivity index (χ1n) is 8.48. The van der Waals surface area contributed by atoms with Gasteiger partial charge in [0.25, 0.3) is 11.6 Å². The lowest BCUT2D eigenvalue weighted by Gasteiger charge is -2.09. The maximum atomic E-state index is 12.7. The largest absolute Gasteiger partial charge is 0.461 e. The molecule has 3 aromatic rings. The summed E-state index contributed by atoms with van der Waals surface area (Å²) in [5, 5.41) is 20.7. The fraction of sp³-hybridized carbons (Fsp3) is 0.105. The fourth-order valence-electron chi connectivity index (χ4n) is 2.61. The van der Waals surface area contributed by atoms with Gasteiger partial charge in [-0.15, -0.1) is 0 Å². The van der Waals surface area contributed by atoms with Crippen LogP contribution in [0.25, 0.3) is 11.3 Å². The number of esters is 1. The van der Waals surface area contributed by atoms with Crippen LogP contribution in [0.4, 0.5) is 11.4 Å². The Hall–Kier alpha value is -3.72. The molecule has 10 heteroatoms. The standard InChI is InChI=1S/C19H15ClN4O5/c1-2-29-19(26)17-16(15(22-23-17)11-5-3-7-13(20)9-11)21-18(25)12-6-4-8-14(10-12)24(27)28/h3-10H,2H2,1H3,(H,21,25)(H,22,23). The lowest BCUT2D eigenvalue weighted by Crippen LogP contribution is -2.16. The van der Waals surface area contributed by atoms with Crippen molar-refractivity contribution in [3.05, 3.63) is 74.9 Å². The molecule has 1 aromatic heterocycles. The lowest BCUT2D eigenvalue weighted by molar-refractivity contribution is -0.384. The maximum Gasteiger partial charge on any atom is 0.358 e. The van der Waals surface area contributed by atoms with Crippen molar-refractivity contribution in [1.29, 1.82) is 0 Å². The van der Waals surface area contributed by atoms with Gasteiger partial charge >= 0.3 is 5.97 Å². The third kappa shape index (κ3) is 4.41. The zero-order valence-electron chi connectivity index (χ0n) is 15.1. The van der Waals surface area contributed by atoms with Gasteiger partial charge in [0.05, 0.1) is 11.5 Å². The van der Waals surface area contributed by atoms with E-state index >= 15 is 0 Å². The molecular weight excluding hydrogens is 400 g/mol. The van der Waals surface area contributed by atoms with E-state index in [1.807, 2.05) is 0 Å². The SMILES string of the molecule is CCOC(=O)c1[nH]nc(-c2cccc(Cl)c2)c1NC(=O)c1cccc([N+](=O)[O-])c1. The Labute approximate surface area is 169 Å². The molecule has 0 atom stereocenters. The van der Waals surface area contributed by atoms with Gasteiger partial charge in [0.1, 0.15) is 11.4 Å². The van der Waals surface area contributed by atoms with Crippen LogP contribution in [-0.2, 0) is 4.74 Å². The summed E-state index contributed by atoms with van der Waals surface area (Å²) < 4.78 is 5.00. The number of aromatic amines is 1. The number of H-pyrrole nitrogens is 1. The molecule has 0 radical (unpaired) electrons. The predicted molar refractivity (Wildman–Crippen MR) is 106 cm³/mol.